The fraction of sp³-hybridized carbons (Fsp3) is 0.169. The number of nitrogens with zero attached hydrogens (tertiary/aromatic N) is 3. The number of para-hydroxylation sites is 4. The summed E-state index contributed by atoms with van der Waals surface area (Å²) in [6.07, 6.45) is 0. The minimum Gasteiger partial charge on any atom is -0.454 e. The maximum atomic E-state index is 7.10. The van der Waals surface area contributed by atoms with E-state index in [1.54, 1.807) is 0 Å². The third kappa shape index (κ3) is 5.60. The van der Waals surface area contributed by atoms with E-state index in [0.29, 0.717) is 0 Å². The highest BCUT2D eigenvalue weighted by atomic mass is 16.3. The first kappa shape index (κ1) is 41.2. The van der Waals surface area contributed by atoms with Crippen LogP contribution in [0.15, 0.2) is 186 Å². The highest BCUT2D eigenvalue weighted by Gasteiger charge is 2.49. The molecule has 0 saturated carbocycles. The lowest BCUT2D eigenvalue weighted by Gasteiger charge is -2.44. The predicted octanol–water partition coefficient (Wildman–Crippen LogP) is 16.5. The normalized spacial score (nSPS) is 14.3. The zero-order chi connectivity index (χ0) is 47.6. The number of rotatable bonds is 4. The summed E-state index contributed by atoms with van der Waals surface area (Å²) in [4.78, 5) is 5.02. The number of hydrogen-bond acceptors (Lipinski definition) is 3. The standard InChI is InChI=1S/C65H54BN3O/c1-63(2,3)39-30-33-54-47(34-39)50-35-40(64(4,5)6)36-51-49-38-48-44-24-15-17-27-52(44)65(7,8)58(48)61-59(49)66(69(54)60(50)51)53-32-31-43(67(41-20-11-9-12-21-41)42-22-13-10-14-23-42)37-56(53)68(61)55-28-19-26-46-45-25-16-18-29-57(45)70-62(46)55/h9-38H,1-8H3. The number of aromatic nitrogens is 1. The minimum atomic E-state index is -0.334. The van der Waals surface area contributed by atoms with Gasteiger partial charge < -0.3 is 18.7 Å². The molecule has 4 heterocycles. The van der Waals surface area contributed by atoms with E-state index < -0.39 is 0 Å². The molecule has 1 aliphatic carbocycles. The Labute approximate surface area is 410 Å². The Morgan fingerprint density at radius 3 is 1.91 bits per heavy atom. The van der Waals surface area contributed by atoms with Gasteiger partial charge in [0.2, 0.25) is 0 Å². The summed E-state index contributed by atoms with van der Waals surface area (Å²) in [5.41, 5.74) is 23.8. The van der Waals surface area contributed by atoms with E-state index in [1.807, 2.05) is 0 Å². The number of benzene rings is 9. The van der Waals surface area contributed by atoms with Crippen molar-refractivity contribution in [3.05, 3.63) is 204 Å². The fourth-order valence-corrected chi connectivity index (χ4v) is 12.6. The molecule has 0 radical (unpaired) electrons. The van der Waals surface area contributed by atoms with Crippen LogP contribution in [0.3, 0.4) is 0 Å². The average molecular weight is 904 g/mol. The van der Waals surface area contributed by atoms with Crippen LogP contribution in [0.4, 0.5) is 34.1 Å². The van der Waals surface area contributed by atoms with Gasteiger partial charge in [0.15, 0.2) is 5.58 Å². The Hall–Kier alpha value is -7.76. The summed E-state index contributed by atoms with van der Waals surface area (Å²) in [6, 6.07) is 68.2. The second kappa shape index (κ2) is 14.2. The first-order valence-electron chi connectivity index (χ1n) is 25.0. The second-order valence-electron chi connectivity index (χ2n) is 22.5. The molecule has 2 aliphatic heterocycles. The molecule has 11 aromatic rings. The van der Waals surface area contributed by atoms with E-state index in [1.165, 1.54) is 82.9 Å². The summed E-state index contributed by atoms with van der Waals surface area (Å²) in [6.45, 7) is 18.8. The Bertz CT molecular complexity index is 3970. The van der Waals surface area contributed by atoms with Crippen molar-refractivity contribution in [2.45, 2.75) is 71.6 Å². The van der Waals surface area contributed by atoms with Gasteiger partial charge >= 0.3 is 6.85 Å². The molecule has 0 unspecified atom stereocenters. The molecule has 14 rings (SSSR count). The minimum absolute atomic E-state index is 0.0153. The zero-order valence-corrected chi connectivity index (χ0v) is 41.1. The Morgan fingerprint density at radius 1 is 0.500 bits per heavy atom. The lowest BCUT2D eigenvalue weighted by atomic mass is 9.44. The van der Waals surface area contributed by atoms with Crippen molar-refractivity contribution < 1.29 is 4.42 Å². The zero-order valence-electron chi connectivity index (χ0n) is 41.1. The second-order valence-corrected chi connectivity index (χ2v) is 22.5. The number of fused-ring (bicyclic) bond motifs is 14. The van der Waals surface area contributed by atoms with Crippen molar-refractivity contribution in [2.75, 3.05) is 9.80 Å². The summed E-state index contributed by atoms with van der Waals surface area (Å²) in [5, 5.41) is 4.87. The molecule has 70 heavy (non-hydrogen) atoms. The molecule has 0 bridgehead atoms. The van der Waals surface area contributed by atoms with Crippen LogP contribution >= 0.6 is 0 Å². The summed E-state index contributed by atoms with van der Waals surface area (Å²) in [5.74, 6) is 0. The van der Waals surface area contributed by atoms with Crippen molar-refractivity contribution in [1.82, 2.24) is 4.48 Å². The molecule has 338 valence electrons. The molecular weight excluding hydrogens is 850 g/mol. The van der Waals surface area contributed by atoms with Gasteiger partial charge in [0.1, 0.15) is 5.58 Å². The lowest BCUT2D eigenvalue weighted by molar-refractivity contribution is 0.590. The molecule has 0 atom stereocenters. The van der Waals surface area contributed by atoms with E-state index in [9.17, 15) is 0 Å². The van der Waals surface area contributed by atoms with E-state index >= 15 is 0 Å². The van der Waals surface area contributed by atoms with Gasteiger partial charge in [-0.05, 0) is 140 Å². The van der Waals surface area contributed by atoms with Crippen molar-refractivity contribution in [1.29, 1.82) is 0 Å². The van der Waals surface area contributed by atoms with Crippen molar-refractivity contribution in [3.63, 3.8) is 0 Å². The highest BCUT2D eigenvalue weighted by molar-refractivity contribution is 6.90. The largest absolute Gasteiger partial charge is 0.454 e. The van der Waals surface area contributed by atoms with Crippen LogP contribution in [0.25, 0.3) is 66.0 Å². The van der Waals surface area contributed by atoms with Gasteiger partial charge in [0.05, 0.1) is 5.69 Å². The molecule has 0 amide bonds. The van der Waals surface area contributed by atoms with Gasteiger partial charge in [-0.15, -0.1) is 0 Å². The van der Waals surface area contributed by atoms with E-state index in [2.05, 4.69) is 252 Å². The summed E-state index contributed by atoms with van der Waals surface area (Å²) < 4.78 is 9.83. The molecule has 0 spiro atoms. The smallest absolute Gasteiger partial charge is 0.333 e. The lowest BCUT2D eigenvalue weighted by Crippen LogP contribution is -2.57. The number of anilines is 6. The fourth-order valence-electron chi connectivity index (χ4n) is 12.6. The van der Waals surface area contributed by atoms with Crippen molar-refractivity contribution >= 4 is 95.6 Å². The maximum Gasteiger partial charge on any atom is 0.333 e. The predicted molar refractivity (Wildman–Crippen MR) is 297 cm³/mol. The number of furan rings is 1. The van der Waals surface area contributed by atoms with Crippen LogP contribution in [0.2, 0.25) is 0 Å². The van der Waals surface area contributed by atoms with E-state index in [-0.39, 0.29) is 23.1 Å². The molecule has 0 saturated heterocycles. The molecule has 3 aliphatic rings. The van der Waals surface area contributed by atoms with Crippen molar-refractivity contribution in [2.24, 2.45) is 0 Å². The Kier molecular flexibility index (Phi) is 8.35. The maximum absolute atomic E-state index is 7.10. The third-order valence-corrected chi connectivity index (χ3v) is 16.0. The molecular formula is C65H54BN3O. The van der Waals surface area contributed by atoms with E-state index in [4.69, 9.17) is 4.42 Å². The van der Waals surface area contributed by atoms with Crippen LogP contribution in [0.5, 0.6) is 0 Å². The monoisotopic (exact) mass is 903 g/mol. The van der Waals surface area contributed by atoms with Crippen LogP contribution in [-0.2, 0) is 16.2 Å². The van der Waals surface area contributed by atoms with Gasteiger partial charge in [-0.2, -0.15) is 0 Å². The average Bonchev–Trinajstić information content (AvgIpc) is 3.98. The van der Waals surface area contributed by atoms with Gasteiger partial charge in [0.25, 0.3) is 0 Å². The van der Waals surface area contributed by atoms with Crippen LogP contribution < -0.4 is 20.7 Å². The topological polar surface area (TPSA) is 24.6 Å². The van der Waals surface area contributed by atoms with Crippen LogP contribution in [0.1, 0.15) is 77.6 Å². The molecule has 2 aromatic heterocycles. The van der Waals surface area contributed by atoms with Gasteiger partial charge in [-0.3, -0.25) is 0 Å². The van der Waals surface area contributed by atoms with E-state index in [0.717, 1.165) is 50.4 Å². The quantitative estimate of drug-likeness (QED) is 0.165. The Balaban J connectivity index is 1.19. The molecule has 9 aromatic carbocycles. The molecule has 5 heteroatoms. The van der Waals surface area contributed by atoms with Crippen LogP contribution in [-0.4, -0.2) is 11.3 Å². The summed E-state index contributed by atoms with van der Waals surface area (Å²) in [7, 11) is 0. The van der Waals surface area contributed by atoms with Crippen molar-refractivity contribution in [3.8, 4) is 22.3 Å². The Morgan fingerprint density at radius 2 is 1.17 bits per heavy atom. The molecule has 4 nitrogen and oxygen atoms in total. The molecule has 0 N–H and O–H groups in total. The number of hydrogen-bond donors (Lipinski definition) is 0. The first-order chi connectivity index (χ1) is 33.8. The summed E-state index contributed by atoms with van der Waals surface area (Å²) >= 11 is 0. The third-order valence-electron chi connectivity index (χ3n) is 16.0. The SMILES string of the molecule is CC(C)(C)c1ccc2c(c1)c1cc(C(C)(C)C)cc3c1n2B1c2ccc(N(c4ccccc4)c4ccccc4)cc2N(c2cccc4c2oc2ccccc24)c2c1c-3cc1c2C(C)(C)c2ccccc2-1. The molecule has 0 fully saturated rings. The highest BCUT2D eigenvalue weighted by Crippen LogP contribution is 2.58. The van der Waals surface area contributed by atoms with Gasteiger partial charge in [-0.25, -0.2) is 0 Å². The van der Waals surface area contributed by atoms with Crippen LogP contribution in [0, 0.1) is 0 Å². The first-order valence-corrected chi connectivity index (χ1v) is 25.0. The van der Waals surface area contributed by atoms with Gasteiger partial charge in [-0.1, -0.05) is 159 Å². The van der Waals surface area contributed by atoms with Gasteiger partial charge in [0, 0.05) is 72.0 Å².